The molecule has 58 heavy (non-hydrogen) atoms. The number of amides is 4. The first kappa shape index (κ1) is 40.0. The van der Waals surface area contributed by atoms with Gasteiger partial charge in [-0.2, -0.15) is 0 Å². The summed E-state index contributed by atoms with van der Waals surface area (Å²) >= 11 is 0. The lowest BCUT2D eigenvalue weighted by Gasteiger charge is -2.19. The van der Waals surface area contributed by atoms with Gasteiger partial charge in [0.15, 0.2) is 5.58 Å². The lowest BCUT2D eigenvalue weighted by molar-refractivity contribution is -0.123. The number of hydrogen-bond acceptors (Lipinski definition) is 10. The number of fused-ring (bicyclic) bond motifs is 2. The molecule has 4 amide bonds. The molecule has 1 aliphatic carbocycles. The fourth-order valence-electron chi connectivity index (χ4n) is 5.67. The monoisotopic (exact) mass is 782 g/mol. The van der Waals surface area contributed by atoms with Crippen LogP contribution in [0.3, 0.4) is 0 Å². The number of carbonyl (C=O) groups is 4. The topological polar surface area (TPSA) is 231 Å². The first-order valence-electron chi connectivity index (χ1n) is 18.2. The number of carbonyl (C=O) groups excluding carboxylic acids is 4. The van der Waals surface area contributed by atoms with Crippen molar-refractivity contribution in [3.8, 4) is 17.2 Å². The molecule has 4 N–H and O–H groups in total. The summed E-state index contributed by atoms with van der Waals surface area (Å²) in [4.78, 5) is 73.0. The van der Waals surface area contributed by atoms with Gasteiger partial charge in [0.05, 0.1) is 12.6 Å². The number of aromatic nitrogens is 1. The molecule has 0 bridgehead atoms. The van der Waals surface area contributed by atoms with Crippen LogP contribution in [0.1, 0.15) is 33.2 Å². The summed E-state index contributed by atoms with van der Waals surface area (Å²) < 4.78 is 17.0. The molecule has 2 heterocycles. The second-order valence-electron chi connectivity index (χ2n) is 13.1. The standard InChI is InChI=1S/C42H38N8O8/c1-25-13-14-28-21-32(42(55)58-36(28)19-25)41-48-33-22-30(15-16-35(33)57-41)39(53)47-34(23-46-37(51)27-9-6-4-3-5-7-10-27)40(54)45-18-17-44-38(52)29-11-8-12-31(20-29)56-24-26(2)49-50-43/h3-16,19-22,26,34H,17-18,23-24H2,1-2H3,(H,44,52)(H,45,54)(H,46,51)(H,47,53)/b4-3-,5-3?,6-4?,7-5-,9-6-,10-7?,27-9?,27-10+. The highest BCUT2D eigenvalue weighted by Gasteiger charge is 2.24. The Morgan fingerprint density at radius 1 is 0.845 bits per heavy atom. The Kier molecular flexibility index (Phi) is 12.9. The van der Waals surface area contributed by atoms with E-state index in [1.54, 1.807) is 79.8 Å². The first-order chi connectivity index (χ1) is 28.1. The molecule has 0 saturated carbocycles. The van der Waals surface area contributed by atoms with Gasteiger partial charge in [0.2, 0.25) is 11.8 Å². The Balaban J connectivity index is 1.12. The van der Waals surface area contributed by atoms with Crippen molar-refractivity contribution in [2.45, 2.75) is 25.9 Å². The first-order valence-corrected chi connectivity index (χ1v) is 18.2. The van der Waals surface area contributed by atoms with Crippen molar-refractivity contribution in [1.29, 1.82) is 0 Å². The Morgan fingerprint density at radius 2 is 1.64 bits per heavy atom. The van der Waals surface area contributed by atoms with Crippen LogP contribution in [0.4, 0.5) is 0 Å². The summed E-state index contributed by atoms with van der Waals surface area (Å²) in [6, 6.07) is 16.4. The lowest BCUT2D eigenvalue weighted by Crippen LogP contribution is -2.53. The number of aryl methyl sites for hydroxylation is 1. The second-order valence-corrected chi connectivity index (χ2v) is 13.1. The molecule has 2 atom stereocenters. The van der Waals surface area contributed by atoms with Crippen LogP contribution in [0.5, 0.6) is 5.75 Å². The fourth-order valence-corrected chi connectivity index (χ4v) is 5.67. The maximum atomic E-state index is 13.6. The van der Waals surface area contributed by atoms with Gasteiger partial charge >= 0.3 is 5.63 Å². The number of ether oxygens (including phenoxy) is 1. The van der Waals surface area contributed by atoms with Crippen molar-refractivity contribution >= 4 is 45.7 Å². The quantitative estimate of drug-likeness (QED) is 0.0352. The van der Waals surface area contributed by atoms with Gasteiger partial charge < -0.3 is 34.8 Å². The van der Waals surface area contributed by atoms with E-state index in [2.05, 4.69) is 36.3 Å². The highest BCUT2D eigenvalue weighted by molar-refractivity contribution is 6.01. The summed E-state index contributed by atoms with van der Waals surface area (Å²) in [7, 11) is 0. The molecule has 0 aliphatic heterocycles. The van der Waals surface area contributed by atoms with Crippen molar-refractivity contribution in [1.82, 2.24) is 26.3 Å². The Bertz CT molecular complexity index is 2610. The summed E-state index contributed by atoms with van der Waals surface area (Å²) in [5.41, 5.74) is 10.8. The zero-order valence-corrected chi connectivity index (χ0v) is 31.4. The summed E-state index contributed by atoms with van der Waals surface area (Å²) in [6.45, 7) is 3.47. The zero-order valence-electron chi connectivity index (χ0n) is 31.4. The predicted octanol–water partition coefficient (Wildman–Crippen LogP) is 5.36. The smallest absolute Gasteiger partial charge is 0.349 e. The number of rotatable bonds is 15. The molecular formula is C42H38N8O8. The molecule has 3 aromatic carbocycles. The number of nitrogens with one attached hydrogen (secondary N) is 4. The third-order valence-corrected chi connectivity index (χ3v) is 8.66. The Hall–Kier alpha value is -7.71. The van der Waals surface area contributed by atoms with Crippen LogP contribution < -0.4 is 31.6 Å². The average Bonchev–Trinajstić information content (AvgIpc) is 3.63. The normalized spacial score (nSPS) is 15.6. The van der Waals surface area contributed by atoms with E-state index >= 15 is 0 Å². The van der Waals surface area contributed by atoms with Crippen molar-refractivity contribution in [3.05, 3.63) is 152 Å². The number of oxazole rings is 1. The van der Waals surface area contributed by atoms with Crippen LogP contribution in [-0.4, -0.2) is 66.9 Å². The number of azide groups is 1. The van der Waals surface area contributed by atoms with Gasteiger partial charge in [-0.25, -0.2) is 9.78 Å². The molecule has 294 valence electrons. The van der Waals surface area contributed by atoms with Gasteiger partial charge in [0, 0.05) is 46.6 Å². The minimum atomic E-state index is -1.24. The van der Waals surface area contributed by atoms with E-state index in [0.29, 0.717) is 33.4 Å². The summed E-state index contributed by atoms with van der Waals surface area (Å²) in [6.07, 6.45) is 12.0. The van der Waals surface area contributed by atoms with Crippen molar-refractivity contribution < 1.29 is 32.7 Å². The maximum absolute atomic E-state index is 13.6. The minimum absolute atomic E-state index is 0.00811. The third kappa shape index (κ3) is 10.3. The lowest BCUT2D eigenvalue weighted by atomic mass is 10.1. The van der Waals surface area contributed by atoms with Crippen molar-refractivity contribution in [3.63, 3.8) is 0 Å². The van der Waals surface area contributed by atoms with Crippen molar-refractivity contribution in [2.24, 2.45) is 5.11 Å². The van der Waals surface area contributed by atoms with Crippen LogP contribution in [-0.2, 0) is 9.59 Å². The molecular weight excluding hydrogens is 745 g/mol. The molecule has 16 heteroatoms. The van der Waals surface area contributed by atoms with Gasteiger partial charge in [-0.15, -0.1) is 0 Å². The molecule has 5 aromatic rings. The Morgan fingerprint density at radius 3 is 2.48 bits per heavy atom. The van der Waals surface area contributed by atoms with Crippen LogP contribution in [0, 0.1) is 6.92 Å². The highest BCUT2D eigenvalue weighted by Crippen LogP contribution is 2.26. The summed E-state index contributed by atoms with van der Waals surface area (Å²) in [5.74, 6) is -1.75. The van der Waals surface area contributed by atoms with Crippen LogP contribution in [0.25, 0.3) is 44.0 Å². The fraction of sp³-hybridized carbons (Fsp3) is 0.190. The highest BCUT2D eigenvalue weighted by atomic mass is 16.5. The summed E-state index contributed by atoms with van der Waals surface area (Å²) in [5, 5.41) is 15.0. The molecule has 0 radical (unpaired) electrons. The second kappa shape index (κ2) is 18.8. The van der Waals surface area contributed by atoms with Gasteiger partial charge in [-0.05, 0) is 78.7 Å². The largest absolute Gasteiger partial charge is 0.493 e. The van der Waals surface area contributed by atoms with Crippen LogP contribution >= 0.6 is 0 Å². The van der Waals surface area contributed by atoms with E-state index in [1.165, 1.54) is 24.3 Å². The number of nitrogens with zero attached hydrogens (tertiary/aromatic N) is 4. The van der Waals surface area contributed by atoms with Crippen LogP contribution in [0.2, 0.25) is 0 Å². The molecule has 2 aromatic heterocycles. The number of benzene rings is 3. The Labute approximate surface area is 331 Å². The zero-order chi connectivity index (χ0) is 41.0. The number of hydrogen-bond donors (Lipinski definition) is 4. The van der Waals surface area contributed by atoms with Crippen molar-refractivity contribution in [2.75, 3.05) is 26.2 Å². The molecule has 6 rings (SSSR count). The van der Waals surface area contributed by atoms with E-state index in [-0.39, 0.29) is 48.8 Å². The van der Waals surface area contributed by atoms with Gasteiger partial charge in [0.25, 0.3) is 17.7 Å². The van der Waals surface area contributed by atoms with E-state index in [1.807, 2.05) is 19.1 Å². The van der Waals surface area contributed by atoms with Gasteiger partial charge in [-0.3, -0.25) is 19.2 Å². The van der Waals surface area contributed by atoms with Crippen LogP contribution in [0.15, 0.2) is 134 Å². The molecule has 0 fully saturated rings. The predicted molar refractivity (Wildman–Crippen MR) is 216 cm³/mol. The maximum Gasteiger partial charge on any atom is 0.349 e. The van der Waals surface area contributed by atoms with E-state index in [0.717, 1.165) is 5.56 Å². The molecule has 0 spiro atoms. The average molecular weight is 783 g/mol. The van der Waals surface area contributed by atoms with E-state index in [4.69, 9.17) is 19.1 Å². The molecule has 2 unspecified atom stereocenters. The molecule has 0 saturated heterocycles. The van der Waals surface area contributed by atoms with Gasteiger partial charge in [0.1, 0.15) is 28.5 Å². The third-order valence-electron chi connectivity index (χ3n) is 8.66. The molecule has 16 nitrogen and oxygen atoms in total. The minimum Gasteiger partial charge on any atom is -0.493 e. The van der Waals surface area contributed by atoms with E-state index in [9.17, 15) is 24.0 Å². The SMILES string of the molecule is Cc1ccc2cc(-c3nc4cc(C(=O)NC(CNC(=O)C5=C/C=C\C=C/C=C\5)C(=O)NCCNC(=O)c5cccc(OCC(C)N=[N+]=[N-])c5)ccc4o3)c(=O)oc2c1. The molecule has 1 aliphatic rings. The van der Waals surface area contributed by atoms with E-state index < -0.39 is 41.3 Å². The van der Waals surface area contributed by atoms with Gasteiger partial charge in [-0.1, -0.05) is 60.6 Å². The number of allylic oxidation sites excluding steroid dienone is 6.